The van der Waals surface area contributed by atoms with E-state index in [9.17, 15) is 14.3 Å². The highest BCUT2D eigenvalue weighted by atomic mass is 32.2. The number of rotatable bonds is 6. The molecule has 1 aromatic heterocycles. The Bertz CT molecular complexity index is 1410. The summed E-state index contributed by atoms with van der Waals surface area (Å²) >= 11 is 0. The fourth-order valence-corrected chi connectivity index (χ4v) is 6.79. The lowest BCUT2D eigenvalue weighted by Gasteiger charge is -2.36. The average molecular weight is 520 g/mol. The van der Waals surface area contributed by atoms with Crippen molar-refractivity contribution < 1.29 is 13.4 Å². The summed E-state index contributed by atoms with van der Waals surface area (Å²) in [4.78, 5) is 18.6. The number of nitriles is 1. The Morgan fingerprint density at radius 1 is 0.973 bits per heavy atom. The van der Waals surface area contributed by atoms with Gasteiger partial charge in [0.25, 0.3) is 0 Å². The molecule has 2 N–H and O–H groups in total. The number of likely N-dealkylation sites (N-methyl/N-ethyl adjacent to an activating group) is 1. The van der Waals surface area contributed by atoms with Crippen LogP contribution in [0.5, 0.6) is 0 Å². The third-order valence-corrected chi connectivity index (χ3v) is 9.51. The van der Waals surface area contributed by atoms with E-state index in [-0.39, 0.29) is 5.91 Å². The molecular weight excluding hydrogens is 486 g/mol. The Labute approximate surface area is 219 Å². The van der Waals surface area contributed by atoms with E-state index in [1.807, 2.05) is 24.3 Å². The Morgan fingerprint density at radius 2 is 1.73 bits per heavy atom. The minimum atomic E-state index is -1.61. The molecule has 194 valence electrons. The number of nitrogens with one attached hydrogen (secondary N) is 2. The molecule has 0 radical (unpaired) electrons. The number of benzene rings is 2. The second-order valence-corrected chi connectivity index (χ2v) is 12.1. The van der Waals surface area contributed by atoms with E-state index in [0.29, 0.717) is 36.2 Å². The van der Waals surface area contributed by atoms with Gasteiger partial charge in [0.1, 0.15) is 33.2 Å². The van der Waals surface area contributed by atoms with Crippen molar-refractivity contribution in [1.82, 2.24) is 14.9 Å². The molecule has 2 aromatic carbocycles. The van der Waals surface area contributed by atoms with Gasteiger partial charge in [-0.25, -0.2) is 8.93 Å². The first-order valence-corrected chi connectivity index (χ1v) is 14.4. The van der Waals surface area contributed by atoms with Gasteiger partial charge in [-0.2, -0.15) is 5.26 Å². The maximum absolute atomic E-state index is 13.5. The molecule has 8 nitrogen and oxygen atoms in total. The summed E-state index contributed by atoms with van der Waals surface area (Å²) < 4.78 is 22.8. The highest BCUT2D eigenvalue weighted by Crippen LogP contribution is 2.38. The molecule has 3 aromatic rings. The molecule has 2 aliphatic carbocycles. The quantitative estimate of drug-likeness (QED) is 0.513. The van der Waals surface area contributed by atoms with Crippen LogP contribution in [-0.2, 0) is 15.8 Å². The topological polar surface area (TPSA) is 102 Å². The van der Waals surface area contributed by atoms with Crippen molar-refractivity contribution in [1.29, 1.82) is 5.26 Å². The number of nitrogens with zero attached hydrogens (tertiary/aromatic N) is 3. The van der Waals surface area contributed by atoms with E-state index < -0.39 is 22.1 Å². The number of amides is 1. The smallest absolute Gasteiger partial charge is 0.242 e. The van der Waals surface area contributed by atoms with Crippen LogP contribution in [0.15, 0.2) is 45.7 Å². The molecular formula is C28H33N5O3S. The molecule has 1 aliphatic heterocycles. The molecule has 6 rings (SSSR count). The van der Waals surface area contributed by atoms with Crippen LogP contribution in [-0.4, -0.2) is 59.3 Å². The highest BCUT2D eigenvalue weighted by molar-refractivity contribution is 7.83. The number of carbonyl (C=O) groups excluding carboxylic acids is 1. The van der Waals surface area contributed by atoms with Gasteiger partial charge in [0.2, 0.25) is 5.91 Å². The average Bonchev–Trinajstić information content (AvgIpc) is 3.60. The fraction of sp³-hybridized carbons (Fsp3) is 0.500. The molecule has 9 heteroatoms. The van der Waals surface area contributed by atoms with Gasteiger partial charge in [-0.05, 0) is 69.1 Å². The van der Waals surface area contributed by atoms with Crippen LogP contribution < -0.4 is 14.9 Å². The molecule has 37 heavy (non-hydrogen) atoms. The number of anilines is 1. The lowest BCUT2D eigenvalue weighted by atomic mass is 9.81. The van der Waals surface area contributed by atoms with E-state index in [1.54, 1.807) is 0 Å². The van der Waals surface area contributed by atoms with Gasteiger partial charge in [-0.3, -0.25) is 4.79 Å². The summed E-state index contributed by atoms with van der Waals surface area (Å²) in [6.07, 6.45) is 5.38. The van der Waals surface area contributed by atoms with E-state index in [2.05, 4.69) is 45.1 Å². The zero-order valence-corrected chi connectivity index (χ0v) is 22.0. The molecule has 3 aliphatic rings. The van der Waals surface area contributed by atoms with Gasteiger partial charge < -0.3 is 19.5 Å². The first-order valence-electron chi connectivity index (χ1n) is 13.2. The fourth-order valence-electron chi connectivity index (χ4n) is 5.62. The van der Waals surface area contributed by atoms with Gasteiger partial charge in [-0.1, -0.05) is 19.3 Å². The third-order valence-electron chi connectivity index (χ3n) is 8.26. The minimum absolute atomic E-state index is 0.208. The molecule has 0 spiro atoms. The zero-order valence-electron chi connectivity index (χ0n) is 21.2. The number of furan rings is 1. The first kappa shape index (κ1) is 24.4. The second-order valence-electron chi connectivity index (χ2n) is 10.9. The van der Waals surface area contributed by atoms with E-state index in [1.165, 1.54) is 5.69 Å². The molecule has 2 heterocycles. The summed E-state index contributed by atoms with van der Waals surface area (Å²) in [5, 5.41) is 14.4. The lowest BCUT2D eigenvalue weighted by molar-refractivity contribution is -0.128. The molecule has 0 bridgehead atoms. The molecule has 2 saturated carbocycles. The van der Waals surface area contributed by atoms with Crippen molar-refractivity contribution in [3.05, 3.63) is 36.4 Å². The predicted octanol–water partition coefficient (Wildman–Crippen LogP) is 3.83. The van der Waals surface area contributed by atoms with Crippen LogP contribution in [0.4, 0.5) is 5.69 Å². The monoisotopic (exact) mass is 519 g/mol. The maximum Gasteiger partial charge on any atom is 0.242 e. The standard InChI is InChI=1S/C28H33N5O3S/c1-32-13-15-33(16-14-32)20-5-8-24-23(17-20)22-7-6-21(18-25(22)36-24)37(35)31-28(9-3-2-4-10-28)26(34)30-27(19-29)11-12-27/h5-8,17-18,31H,2-4,9-16H2,1H3,(H,30,34). The van der Waals surface area contributed by atoms with E-state index in [4.69, 9.17) is 4.42 Å². The van der Waals surface area contributed by atoms with E-state index >= 15 is 0 Å². The Balaban J connectivity index is 1.25. The number of piperazine rings is 1. The molecule has 1 unspecified atom stereocenters. The third kappa shape index (κ3) is 4.63. The molecule has 1 amide bonds. The summed E-state index contributed by atoms with van der Waals surface area (Å²) in [5.41, 5.74) is 0.991. The van der Waals surface area contributed by atoms with Crippen LogP contribution in [0.2, 0.25) is 0 Å². The van der Waals surface area contributed by atoms with Crippen molar-refractivity contribution in [3.63, 3.8) is 0 Å². The van der Waals surface area contributed by atoms with Crippen molar-refractivity contribution in [3.8, 4) is 6.07 Å². The van der Waals surface area contributed by atoms with Gasteiger partial charge in [0.15, 0.2) is 0 Å². The Kier molecular flexibility index (Phi) is 6.22. The molecule has 1 saturated heterocycles. The van der Waals surface area contributed by atoms with E-state index in [0.717, 1.165) is 61.8 Å². The Hall–Kier alpha value is -2.93. The summed E-state index contributed by atoms with van der Waals surface area (Å²) in [6, 6.07) is 14.2. The highest BCUT2D eigenvalue weighted by Gasteiger charge is 2.50. The minimum Gasteiger partial charge on any atom is -0.456 e. The van der Waals surface area contributed by atoms with Crippen LogP contribution >= 0.6 is 0 Å². The number of hydrogen-bond acceptors (Lipinski definition) is 6. The lowest BCUT2D eigenvalue weighted by Crippen LogP contribution is -2.60. The normalized spacial score (nSPS) is 22.0. The molecule has 1 atom stereocenters. The second kappa shape index (κ2) is 9.43. The Morgan fingerprint density at radius 3 is 2.43 bits per heavy atom. The van der Waals surface area contributed by atoms with Crippen molar-refractivity contribution >= 4 is 44.5 Å². The SMILES string of the molecule is CN1CCN(c2ccc3oc4cc(S(=O)NC5(C(=O)NC6(C#N)CC6)CCCCC5)ccc4c3c2)CC1. The van der Waals surface area contributed by atoms with Crippen LogP contribution in [0.3, 0.4) is 0 Å². The van der Waals surface area contributed by atoms with Crippen LogP contribution in [0, 0.1) is 11.3 Å². The first-order chi connectivity index (χ1) is 17.9. The van der Waals surface area contributed by atoms with Crippen molar-refractivity contribution in [2.24, 2.45) is 0 Å². The van der Waals surface area contributed by atoms with Gasteiger partial charge >= 0.3 is 0 Å². The van der Waals surface area contributed by atoms with Gasteiger partial charge in [0, 0.05) is 42.6 Å². The summed E-state index contributed by atoms with van der Waals surface area (Å²) in [5.74, 6) is -0.208. The number of carbonyl (C=O) groups is 1. The number of fused-ring (bicyclic) bond motifs is 3. The van der Waals surface area contributed by atoms with Crippen LogP contribution in [0.1, 0.15) is 44.9 Å². The maximum atomic E-state index is 13.5. The zero-order chi connectivity index (χ0) is 25.6. The van der Waals surface area contributed by atoms with Gasteiger partial charge in [-0.15, -0.1) is 0 Å². The largest absolute Gasteiger partial charge is 0.456 e. The number of hydrogen-bond donors (Lipinski definition) is 2. The van der Waals surface area contributed by atoms with Gasteiger partial charge in [0.05, 0.1) is 11.0 Å². The molecule has 3 fully saturated rings. The predicted molar refractivity (Wildman–Crippen MR) is 145 cm³/mol. The summed E-state index contributed by atoms with van der Waals surface area (Å²) in [7, 11) is 0.545. The van der Waals surface area contributed by atoms with Crippen molar-refractivity contribution in [2.75, 3.05) is 38.1 Å². The van der Waals surface area contributed by atoms with Crippen LogP contribution in [0.25, 0.3) is 21.9 Å². The summed E-state index contributed by atoms with van der Waals surface area (Å²) in [6.45, 7) is 4.08. The van der Waals surface area contributed by atoms with Crippen molar-refractivity contribution in [2.45, 2.75) is 60.9 Å².